The Morgan fingerprint density at radius 1 is 1.06 bits per heavy atom. The van der Waals surface area contributed by atoms with Crippen LogP contribution in [0.25, 0.3) is 0 Å². The molecule has 0 saturated heterocycles. The van der Waals surface area contributed by atoms with E-state index >= 15 is 0 Å². The third-order valence-corrected chi connectivity index (χ3v) is 4.90. The van der Waals surface area contributed by atoms with Crippen molar-refractivity contribution in [2.75, 3.05) is 0 Å². The summed E-state index contributed by atoms with van der Waals surface area (Å²) >= 11 is 0.740. The van der Waals surface area contributed by atoms with Crippen LogP contribution in [-0.4, -0.2) is 12.1 Å². The van der Waals surface area contributed by atoms with Crippen molar-refractivity contribution in [1.29, 1.82) is 0 Å². The Kier molecular flexibility index (Phi) is 11.1. The van der Waals surface area contributed by atoms with Gasteiger partial charge < -0.3 is 0 Å². The molecule has 1 atom stereocenters. The van der Waals surface area contributed by atoms with Gasteiger partial charge in [0.25, 0.3) is 0 Å². The molecule has 0 aliphatic rings. The van der Waals surface area contributed by atoms with E-state index < -0.39 is 0 Å². The van der Waals surface area contributed by atoms with Crippen LogP contribution in [-0.2, 0) is 24.8 Å². The summed E-state index contributed by atoms with van der Waals surface area (Å²) in [6.45, 7) is 8.45. The van der Waals surface area contributed by atoms with Gasteiger partial charge >= 0.3 is 113 Å². The Balaban J connectivity index is 3.90. The number of esters is 1. The van der Waals surface area contributed by atoms with Gasteiger partial charge in [-0.25, -0.2) is 0 Å². The molecule has 0 fully saturated rings. The van der Waals surface area contributed by atoms with Crippen LogP contribution < -0.4 is 0 Å². The van der Waals surface area contributed by atoms with E-state index in [0.29, 0.717) is 0 Å². The Morgan fingerprint density at radius 2 is 1.71 bits per heavy atom. The first kappa shape index (κ1) is 17.0. The second-order valence-corrected chi connectivity index (χ2v) is 6.29. The molecular formula is C14H28CrO2. The number of hydrogen-bond acceptors (Lipinski definition) is 2. The average molecular weight is 280 g/mol. The summed E-state index contributed by atoms with van der Waals surface area (Å²) in [6.07, 6.45) is 5.24. The second kappa shape index (κ2) is 11.1. The monoisotopic (exact) mass is 280 g/mol. The molecule has 102 valence electrons. The fourth-order valence-corrected chi connectivity index (χ4v) is 3.13. The van der Waals surface area contributed by atoms with E-state index in [2.05, 4.69) is 27.7 Å². The Labute approximate surface area is 113 Å². The number of rotatable bonds is 10. The van der Waals surface area contributed by atoms with E-state index in [1.807, 2.05) is 0 Å². The molecule has 0 spiro atoms. The molecule has 0 radical (unpaired) electrons. The van der Waals surface area contributed by atoms with Gasteiger partial charge in [-0.1, -0.05) is 0 Å². The van der Waals surface area contributed by atoms with E-state index in [1.54, 1.807) is 0 Å². The maximum absolute atomic E-state index is 11.8. The summed E-state index contributed by atoms with van der Waals surface area (Å²) in [5.74, 6) is 0.120. The zero-order valence-corrected chi connectivity index (χ0v) is 13.1. The average Bonchev–Trinajstić information content (AvgIpc) is 2.34. The fourth-order valence-electron chi connectivity index (χ4n) is 1.69. The summed E-state index contributed by atoms with van der Waals surface area (Å²) in [5, 5.41) is 2.60. The first-order valence-electron chi connectivity index (χ1n) is 6.97. The minimum absolute atomic E-state index is 0.0184. The minimum atomic E-state index is 0.0184. The summed E-state index contributed by atoms with van der Waals surface area (Å²) in [4.78, 5) is 11.8. The van der Waals surface area contributed by atoms with Crippen LogP contribution in [0.4, 0.5) is 0 Å². The summed E-state index contributed by atoms with van der Waals surface area (Å²) in [6, 6.07) is 0. The fraction of sp³-hybridized carbons (Fsp3) is 0.929. The molecule has 0 amide bonds. The standard InChI is InChI=1S/C11H21O2.C3H7.Cr/c1-5-9(6-2)11(12)13-10(7-3)8-4;1-3-2;/h9-10H,3,5-8H2,1-2,4H3;1,3H2,2H3;. The molecule has 0 aromatic carbocycles. The predicted molar refractivity (Wildman–Crippen MR) is 68.8 cm³/mol. The normalized spacial score (nSPS) is 12.8. The number of ether oxygens (including phenoxy) is 1. The SMILES string of the molecule is CC[CH2][Cr][CH2]CC(CC)OC(=O)C(CC)CC. The van der Waals surface area contributed by atoms with Gasteiger partial charge in [0.1, 0.15) is 0 Å². The van der Waals surface area contributed by atoms with Crippen molar-refractivity contribution in [3.8, 4) is 0 Å². The molecule has 17 heavy (non-hydrogen) atoms. The Morgan fingerprint density at radius 3 is 2.18 bits per heavy atom. The molecule has 0 bridgehead atoms. The van der Waals surface area contributed by atoms with Crippen LogP contribution in [0.2, 0.25) is 10.6 Å². The molecule has 0 rings (SSSR count). The molecule has 2 nitrogen and oxygen atoms in total. The van der Waals surface area contributed by atoms with Crippen molar-refractivity contribution in [2.24, 2.45) is 5.92 Å². The van der Waals surface area contributed by atoms with Crippen molar-refractivity contribution in [3.63, 3.8) is 0 Å². The van der Waals surface area contributed by atoms with E-state index in [4.69, 9.17) is 4.74 Å². The van der Waals surface area contributed by atoms with Crippen LogP contribution in [0.1, 0.15) is 59.8 Å². The number of carbonyl (C=O) groups is 1. The third-order valence-electron chi connectivity index (χ3n) is 2.99. The quantitative estimate of drug-likeness (QED) is 0.436. The summed E-state index contributed by atoms with van der Waals surface area (Å²) < 4.78 is 5.59. The predicted octanol–water partition coefficient (Wildman–Crippen LogP) is 4.46. The molecule has 0 aromatic heterocycles. The van der Waals surface area contributed by atoms with Crippen molar-refractivity contribution in [2.45, 2.75) is 76.5 Å². The molecule has 0 aliphatic carbocycles. The van der Waals surface area contributed by atoms with Crippen molar-refractivity contribution >= 4 is 5.97 Å². The van der Waals surface area contributed by atoms with Gasteiger partial charge in [0.05, 0.1) is 0 Å². The zero-order chi connectivity index (χ0) is 13.1. The van der Waals surface area contributed by atoms with E-state index in [1.165, 1.54) is 17.0 Å². The van der Waals surface area contributed by atoms with Crippen molar-refractivity contribution < 1.29 is 24.8 Å². The van der Waals surface area contributed by atoms with Gasteiger partial charge in [-0.2, -0.15) is 0 Å². The van der Waals surface area contributed by atoms with Gasteiger partial charge in [0, 0.05) is 0 Å². The third kappa shape index (κ3) is 7.84. The van der Waals surface area contributed by atoms with Crippen LogP contribution in [0.15, 0.2) is 0 Å². The van der Waals surface area contributed by atoms with Crippen LogP contribution in [0.5, 0.6) is 0 Å². The van der Waals surface area contributed by atoms with Crippen LogP contribution in [0.3, 0.4) is 0 Å². The Hall–Kier alpha value is 0.00247. The molecule has 0 aliphatic heterocycles. The van der Waals surface area contributed by atoms with Gasteiger partial charge in [-0.3, -0.25) is 0 Å². The molecule has 0 N–H and O–H groups in total. The zero-order valence-electron chi connectivity index (χ0n) is 11.8. The molecular weight excluding hydrogens is 252 g/mol. The first-order chi connectivity index (χ1) is 8.19. The topological polar surface area (TPSA) is 26.3 Å². The van der Waals surface area contributed by atoms with E-state index in [9.17, 15) is 4.79 Å². The second-order valence-electron chi connectivity index (χ2n) is 4.38. The molecule has 0 aromatic rings. The van der Waals surface area contributed by atoms with E-state index in [-0.39, 0.29) is 18.0 Å². The summed E-state index contributed by atoms with van der Waals surface area (Å²) in [7, 11) is 0. The number of hydrogen-bond donors (Lipinski definition) is 0. The molecule has 0 saturated carbocycles. The first-order valence-corrected chi connectivity index (χ1v) is 8.77. The van der Waals surface area contributed by atoms with Gasteiger partial charge in [0.15, 0.2) is 0 Å². The number of carbonyl (C=O) groups excluding carboxylic acids is 1. The van der Waals surface area contributed by atoms with Gasteiger partial charge in [0.2, 0.25) is 0 Å². The molecule has 0 heterocycles. The van der Waals surface area contributed by atoms with Gasteiger partial charge in [-0.15, -0.1) is 0 Å². The summed E-state index contributed by atoms with van der Waals surface area (Å²) in [5.41, 5.74) is 0. The van der Waals surface area contributed by atoms with Crippen molar-refractivity contribution in [1.82, 2.24) is 0 Å². The molecule has 1 unspecified atom stereocenters. The Bertz CT molecular complexity index is 191. The van der Waals surface area contributed by atoms with E-state index in [0.717, 1.165) is 40.9 Å². The van der Waals surface area contributed by atoms with Gasteiger partial charge in [-0.05, 0) is 0 Å². The molecule has 3 heteroatoms. The van der Waals surface area contributed by atoms with Crippen LogP contribution >= 0.6 is 0 Å². The van der Waals surface area contributed by atoms with Crippen molar-refractivity contribution in [3.05, 3.63) is 0 Å². The maximum atomic E-state index is 11.8. The van der Waals surface area contributed by atoms with Crippen LogP contribution in [0, 0.1) is 5.92 Å².